The lowest BCUT2D eigenvalue weighted by molar-refractivity contribution is -0.385. The predicted molar refractivity (Wildman–Crippen MR) is 108 cm³/mol. The number of nitro benzene ring substituents is 1. The summed E-state index contributed by atoms with van der Waals surface area (Å²) in [7, 11) is 1.55. The van der Waals surface area contributed by atoms with Crippen LogP contribution < -0.4 is 4.74 Å². The SMILES string of the molecule is COc1cccc(C(=O)N(CCN2CCOCC2)Cc2ccccc2[N+](=O)[O-])c1. The van der Waals surface area contributed by atoms with Gasteiger partial charge in [0.25, 0.3) is 11.6 Å². The van der Waals surface area contributed by atoms with Gasteiger partial charge in [-0.2, -0.15) is 0 Å². The van der Waals surface area contributed by atoms with Crippen LogP contribution in [0.1, 0.15) is 15.9 Å². The number of nitro groups is 1. The molecule has 2 aromatic rings. The van der Waals surface area contributed by atoms with Gasteiger partial charge >= 0.3 is 0 Å². The zero-order valence-corrected chi connectivity index (χ0v) is 16.5. The molecule has 2 aromatic carbocycles. The van der Waals surface area contributed by atoms with Gasteiger partial charge in [-0.3, -0.25) is 19.8 Å². The number of benzene rings is 2. The Balaban J connectivity index is 1.82. The lowest BCUT2D eigenvalue weighted by Gasteiger charge is -2.30. The molecule has 3 rings (SSSR count). The molecule has 1 aliphatic rings. The Kier molecular flexibility index (Phi) is 7.15. The number of ether oxygens (including phenoxy) is 2. The molecule has 1 fully saturated rings. The van der Waals surface area contributed by atoms with Crippen LogP contribution in [0.15, 0.2) is 48.5 Å². The lowest BCUT2D eigenvalue weighted by atomic mass is 10.1. The Morgan fingerprint density at radius 2 is 1.97 bits per heavy atom. The highest BCUT2D eigenvalue weighted by molar-refractivity contribution is 5.94. The molecule has 0 unspecified atom stereocenters. The highest BCUT2D eigenvalue weighted by Gasteiger charge is 2.22. The number of morpholine rings is 1. The van der Waals surface area contributed by atoms with Crippen LogP contribution in [0.3, 0.4) is 0 Å². The average molecular weight is 399 g/mol. The van der Waals surface area contributed by atoms with Gasteiger partial charge < -0.3 is 14.4 Å². The van der Waals surface area contributed by atoms with Crippen molar-refractivity contribution in [3.63, 3.8) is 0 Å². The predicted octanol–water partition coefficient (Wildman–Crippen LogP) is 2.58. The number of hydrogen-bond acceptors (Lipinski definition) is 6. The van der Waals surface area contributed by atoms with Crippen LogP contribution in [-0.4, -0.2) is 67.1 Å². The lowest BCUT2D eigenvalue weighted by Crippen LogP contribution is -2.43. The number of carbonyl (C=O) groups is 1. The molecular weight excluding hydrogens is 374 g/mol. The summed E-state index contributed by atoms with van der Waals surface area (Å²) in [5, 5.41) is 11.4. The fourth-order valence-electron chi connectivity index (χ4n) is 3.31. The van der Waals surface area contributed by atoms with Gasteiger partial charge in [-0.25, -0.2) is 0 Å². The third kappa shape index (κ3) is 5.52. The summed E-state index contributed by atoms with van der Waals surface area (Å²) in [6, 6.07) is 13.5. The standard InChI is InChI=1S/C21H25N3O5/c1-28-19-7-4-6-17(15-19)21(25)23(10-9-22-11-13-29-14-12-22)16-18-5-2-3-8-20(18)24(26)27/h2-8,15H,9-14,16H2,1H3. The maximum absolute atomic E-state index is 13.2. The van der Waals surface area contributed by atoms with Crippen LogP contribution in [0.2, 0.25) is 0 Å². The quantitative estimate of drug-likeness (QED) is 0.501. The Hall–Kier alpha value is -2.97. The van der Waals surface area contributed by atoms with Gasteiger partial charge in [-0.15, -0.1) is 0 Å². The summed E-state index contributed by atoms with van der Waals surface area (Å²) in [5.41, 5.74) is 1.02. The average Bonchev–Trinajstić information content (AvgIpc) is 2.77. The summed E-state index contributed by atoms with van der Waals surface area (Å²) < 4.78 is 10.6. The fourth-order valence-corrected chi connectivity index (χ4v) is 3.31. The molecule has 1 aliphatic heterocycles. The van der Waals surface area contributed by atoms with Crippen LogP contribution >= 0.6 is 0 Å². The number of amides is 1. The third-order valence-electron chi connectivity index (χ3n) is 4.94. The first-order valence-corrected chi connectivity index (χ1v) is 9.54. The van der Waals surface area contributed by atoms with E-state index >= 15 is 0 Å². The van der Waals surface area contributed by atoms with Crippen molar-refractivity contribution >= 4 is 11.6 Å². The van der Waals surface area contributed by atoms with Crippen molar-refractivity contribution in [3.05, 3.63) is 69.8 Å². The van der Waals surface area contributed by atoms with Crippen molar-refractivity contribution in [1.82, 2.24) is 9.80 Å². The smallest absolute Gasteiger partial charge is 0.274 e. The Morgan fingerprint density at radius 1 is 1.21 bits per heavy atom. The summed E-state index contributed by atoms with van der Waals surface area (Å²) in [6.07, 6.45) is 0. The van der Waals surface area contributed by atoms with Gasteiger partial charge in [0.1, 0.15) is 5.75 Å². The van der Waals surface area contributed by atoms with Crippen LogP contribution in [0.25, 0.3) is 0 Å². The van der Waals surface area contributed by atoms with Gasteiger partial charge in [-0.05, 0) is 18.2 Å². The molecule has 0 aliphatic carbocycles. The van der Waals surface area contributed by atoms with Gasteiger partial charge in [-0.1, -0.05) is 24.3 Å². The Bertz CT molecular complexity index is 852. The number of hydrogen-bond donors (Lipinski definition) is 0. The van der Waals surface area contributed by atoms with Crippen molar-refractivity contribution < 1.29 is 19.2 Å². The second-order valence-electron chi connectivity index (χ2n) is 6.80. The van der Waals surface area contributed by atoms with E-state index in [0.717, 1.165) is 13.1 Å². The summed E-state index contributed by atoms with van der Waals surface area (Å²) >= 11 is 0. The second kappa shape index (κ2) is 9.99. The molecule has 8 nitrogen and oxygen atoms in total. The maximum Gasteiger partial charge on any atom is 0.274 e. The summed E-state index contributed by atoms with van der Waals surface area (Å²) in [4.78, 5) is 28.1. The Morgan fingerprint density at radius 3 is 2.69 bits per heavy atom. The molecule has 0 saturated carbocycles. The minimum atomic E-state index is -0.411. The minimum absolute atomic E-state index is 0.0160. The topological polar surface area (TPSA) is 85.2 Å². The second-order valence-corrected chi connectivity index (χ2v) is 6.80. The normalized spacial score (nSPS) is 14.4. The maximum atomic E-state index is 13.2. The van der Waals surface area contributed by atoms with Gasteiger partial charge in [0, 0.05) is 43.4 Å². The van der Waals surface area contributed by atoms with Crippen molar-refractivity contribution in [2.75, 3.05) is 46.5 Å². The van der Waals surface area contributed by atoms with E-state index in [4.69, 9.17) is 9.47 Å². The zero-order chi connectivity index (χ0) is 20.6. The highest BCUT2D eigenvalue weighted by Crippen LogP contribution is 2.21. The van der Waals surface area contributed by atoms with Crippen LogP contribution in [-0.2, 0) is 11.3 Å². The molecule has 0 spiro atoms. The molecule has 1 amide bonds. The monoisotopic (exact) mass is 399 g/mol. The minimum Gasteiger partial charge on any atom is -0.497 e. The first kappa shape index (κ1) is 20.8. The molecule has 154 valence electrons. The number of nitrogens with zero attached hydrogens (tertiary/aromatic N) is 3. The molecule has 0 atom stereocenters. The van der Waals surface area contributed by atoms with Crippen molar-refractivity contribution in [3.8, 4) is 5.75 Å². The zero-order valence-electron chi connectivity index (χ0n) is 16.5. The van der Waals surface area contributed by atoms with Gasteiger partial charge in [0.15, 0.2) is 0 Å². The van der Waals surface area contributed by atoms with Crippen molar-refractivity contribution in [1.29, 1.82) is 0 Å². The van der Waals surface area contributed by atoms with Crippen LogP contribution in [0, 0.1) is 10.1 Å². The van der Waals surface area contributed by atoms with Crippen LogP contribution in [0.4, 0.5) is 5.69 Å². The number of carbonyl (C=O) groups excluding carboxylic acids is 1. The van der Waals surface area contributed by atoms with E-state index in [-0.39, 0.29) is 18.1 Å². The molecule has 0 radical (unpaired) electrons. The first-order chi connectivity index (χ1) is 14.1. The summed E-state index contributed by atoms with van der Waals surface area (Å²) in [5.74, 6) is 0.407. The fraction of sp³-hybridized carbons (Fsp3) is 0.381. The van der Waals surface area contributed by atoms with Gasteiger partial charge in [0.2, 0.25) is 0 Å². The molecule has 1 heterocycles. The molecule has 0 N–H and O–H groups in total. The van der Waals surface area contributed by atoms with Crippen LogP contribution in [0.5, 0.6) is 5.75 Å². The van der Waals surface area contributed by atoms with E-state index in [1.807, 2.05) is 0 Å². The molecule has 0 aromatic heterocycles. The number of para-hydroxylation sites is 1. The largest absolute Gasteiger partial charge is 0.497 e. The molecule has 29 heavy (non-hydrogen) atoms. The van der Waals surface area contributed by atoms with Crippen molar-refractivity contribution in [2.45, 2.75) is 6.54 Å². The van der Waals surface area contributed by atoms with E-state index in [9.17, 15) is 14.9 Å². The first-order valence-electron chi connectivity index (χ1n) is 9.54. The van der Waals surface area contributed by atoms with Gasteiger partial charge in [0.05, 0.1) is 31.8 Å². The molecule has 0 bridgehead atoms. The van der Waals surface area contributed by atoms with E-state index in [1.54, 1.807) is 54.5 Å². The highest BCUT2D eigenvalue weighted by atomic mass is 16.6. The number of methoxy groups -OCH3 is 1. The summed E-state index contributed by atoms with van der Waals surface area (Å²) in [6.45, 7) is 4.28. The van der Waals surface area contributed by atoms with E-state index in [1.165, 1.54) is 6.07 Å². The molecule has 8 heteroatoms. The van der Waals surface area contributed by atoms with E-state index in [0.29, 0.717) is 43.2 Å². The molecule has 1 saturated heterocycles. The van der Waals surface area contributed by atoms with E-state index < -0.39 is 4.92 Å². The van der Waals surface area contributed by atoms with Crippen molar-refractivity contribution in [2.24, 2.45) is 0 Å². The third-order valence-corrected chi connectivity index (χ3v) is 4.94. The number of rotatable bonds is 8. The van der Waals surface area contributed by atoms with E-state index in [2.05, 4.69) is 4.90 Å². The molecular formula is C21H25N3O5. The Labute approximate surface area is 169 Å².